The van der Waals surface area contributed by atoms with Crippen molar-refractivity contribution in [2.24, 2.45) is 0 Å². The zero-order chi connectivity index (χ0) is 23.8. The van der Waals surface area contributed by atoms with Gasteiger partial charge in [0.2, 0.25) is 5.91 Å². The van der Waals surface area contributed by atoms with Crippen molar-refractivity contribution in [3.63, 3.8) is 0 Å². The largest absolute Gasteiger partial charge is 0.481 e. The number of likely N-dealkylation sites (tertiary alicyclic amines) is 1. The summed E-state index contributed by atoms with van der Waals surface area (Å²) in [5.74, 6) is -0.512. The van der Waals surface area contributed by atoms with Gasteiger partial charge in [-0.05, 0) is 68.7 Å². The molecule has 1 aromatic heterocycles. The minimum Gasteiger partial charge on any atom is -0.481 e. The minimum absolute atomic E-state index is 0.0545. The second kappa shape index (κ2) is 12.0. The number of anilines is 1. The Bertz CT molecular complexity index is 966. The summed E-state index contributed by atoms with van der Waals surface area (Å²) in [6.45, 7) is 3.91. The van der Waals surface area contributed by atoms with Crippen molar-refractivity contribution in [3.8, 4) is 0 Å². The van der Waals surface area contributed by atoms with Gasteiger partial charge in [-0.25, -0.2) is 4.98 Å². The first-order chi connectivity index (χ1) is 16.6. The highest BCUT2D eigenvalue weighted by atomic mass is 16.4. The summed E-state index contributed by atoms with van der Waals surface area (Å²) >= 11 is 0. The van der Waals surface area contributed by atoms with Gasteiger partial charge in [-0.3, -0.25) is 9.59 Å². The number of nitrogens with zero attached hydrogens (tertiary/aromatic N) is 2. The second-order valence-electron chi connectivity index (χ2n) is 9.49. The molecule has 1 fully saturated rings. The fraction of sp³-hybridized carbons (Fsp3) is 0.519. The van der Waals surface area contributed by atoms with E-state index in [-0.39, 0.29) is 18.4 Å². The third kappa shape index (κ3) is 6.79. The van der Waals surface area contributed by atoms with Crippen LogP contribution in [-0.4, -0.2) is 59.1 Å². The Labute approximate surface area is 202 Å². The molecule has 0 saturated carbocycles. The first kappa shape index (κ1) is 24.2. The molecule has 7 nitrogen and oxygen atoms in total. The summed E-state index contributed by atoms with van der Waals surface area (Å²) in [7, 11) is 0. The van der Waals surface area contributed by atoms with Gasteiger partial charge in [0.05, 0.1) is 5.92 Å². The molecule has 7 heteroatoms. The quantitative estimate of drug-likeness (QED) is 0.440. The lowest BCUT2D eigenvalue weighted by Crippen LogP contribution is -2.37. The summed E-state index contributed by atoms with van der Waals surface area (Å²) in [6, 6.07) is 13.7. The van der Waals surface area contributed by atoms with E-state index in [9.17, 15) is 14.7 Å². The summed E-state index contributed by atoms with van der Waals surface area (Å²) in [6.07, 6.45) is 7.01. The van der Waals surface area contributed by atoms with E-state index >= 15 is 0 Å². The van der Waals surface area contributed by atoms with Crippen LogP contribution in [0.3, 0.4) is 0 Å². The SMILES string of the molecule is O=C(CC[C@H](C(=O)O)c1ccccc1)N[C@@H]1CCN(CCCCc2ccc3c(n2)NCCC3)C1. The molecule has 0 spiro atoms. The summed E-state index contributed by atoms with van der Waals surface area (Å²) < 4.78 is 0. The van der Waals surface area contributed by atoms with Crippen LogP contribution in [0.4, 0.5) is 5.82 Å². The highest BCUT2D eigenvalue weighted by Gasteiger charge is 2.25. The molecular weight excluding hydrogens is 428 g/mol. The molecular formula is C27H36N4O3. The number of carboxylic acid groups (broad SMARTS) is 1. The molecule has 4 rings (SSSR count). The number of unbranched alkanes of at least 4 members (excludes halogenated alkanes) is 1. The van der Waals surface area contributed by atoms with Crippen molar-refractivity contribution < 1.29 is 14.7 Å². The van der Waals surface area contributed by atoms with Crippen LogP contribution in [0.2, 0.25) is 0 Å². The highest BCUT2D eigenvalue weighted by molar-refractivity contribution is 5.79. The first-order valence-electron chi connectivity index (χ1n) is 12.6. The van der Waals surface area contributed by atoms with Crippen LogP contribution in [0.5, 0.6) is 0 Å². The number of carboxylic acids is 1. The number of carbonyl (C=O) groups is 2. The van der Waals surface area contributed by atoms with Crippen LogP contribution in [0.15, 0.2) is 42.5 Å². The van der Waals surface area contributed by atoms with Crippen molar-refractivity contribution in [2.75, 3.05) is 31.5 Å². The van der Waals surface area contributed by atoms with Crippen LogP contribution in [0, 0.1) is 0 Å². The summed E-state index contributed by atoms with van der Waals surface area (Å²) in [5, 5.41) is 16.1. The van der Waals surface area contributed by atoms with Crippen LogP contribution >= 0.6 is 0 Å². The van der Waals surface area contributed by atoms with Gasteiger partial charge in [0.1, 0.15) is 5.82 Å². The number of aromatic nitrogens is 1. The summed E-state index contributed by atoms with van der Waals surface area (Å²) in [5.41, 5.74) is 3.24. The number of rotatable bonds is 11. The maximum Gasteiger partial charge on any atom is 0.310 e. The second-order valence-corrected chi connectivity index (χ2v) is 9.49. The summed E-state index contributed by atoms with van der Waals surface area (Å²) in [4.78, 5) is 31.3. The number of aliphatic carboxylic acids is 1. The number of amides is 1. The average molecular weight is 465 g/mol. The lowest BCUT2D eigenvalue weighted by molar-refractivity contribution is -0.139. The van der Waals surface area contributed by atoms with Crippen molar-refractivity contribution in [3.05, 3.63) is 59.3 Å². The molecule has 1 saturated heterocycles. The molecule has 1 aromatic carbocycles. The lowest BCUT2D eigenvalue weighted by atomic mass is 9.94. The molecule has 0 aliphatic carbocycles. The standard InChI is InChI=1S/C27H36N4O3/c32-25(14-13-24(27(33)34)20-7-2-1-3-8-20)29-23-15-18-31(19-23)17-5-4-10-22-12-11-21-9-6-16-28-26(21)30-22/h1-3,7-8,11-12,23-24H,4-6,9-10,13-19H2,(H,28,30)(H,29,32)(H,33,34)/t23-,24+/m1/s1. The molecule has 0 unspecified atom stereocenters. The van der Waals surface area contributed by atoms with E-state index in [2.05, 4.69) is 27.7 Å². The number of carbonyl (C=O) groups excluding carboxylic acids is 1. The smallest absolute Gasteiger partial charge is 0.310 e. The van der Waals surface area contributed by atoms with Crippen molar-refractivity contribution in [1.29, 1.82) is 0 Å². The van der Waals surface area contributed by atoms with Gasteiger partial charge in [-0.2, -0.15) is 0 Å². The molecule has 2 aromatic rings. The number of nitrogens with one attached hydrogen (secondary N) is 2. The van der Waals surface area contributed by atoms with E-state index in [4.69, 9.17) is 4.98 Å². The molecule has 2 atom stereocenters. The zero-order valence-corrected chi connectivity index (χ0v) is 19.8. The Kier molecular flexibility index (Phi) is 8.52. The molecule has 2 aliphatic rings. The van der Waals surface area contributed by atoms with Gasteiger partial charge in [0.15, 0.2) is 0 Å². The van der Waals surface area contributed by atoms with Gasteiger partial charge in [-0.15, -0.1) is 0 Å². The van der Waals surface area contributed by atoms with E-state index in [0.29, 0.717) is 6.42 Å². The van der Waals surface area contributed by atoms with E-state index in [1.165, 1.54) is 12.0 Å². The molecule has 3 heterocycles. The minimum atomic E-state index is -0.882. The highest BCUT2D eigenvalue weighted by Crippen LogP contribution is 2.22. The van der Waals surface area contributed by atoms with Crippen molar-refractivity contribution in [2.45, 2.75) is 63.3 Å². The molecule has 1 amide bonds. The molecule has 0 radical (unpaired) electrons. The van der Waals surface area contributed by atoms with Crippen molar-refractivity contribution in [1.82, 2.24) is 15.2 Å². The Morgan fingerprint density at radius 1 is 1.18 bits per heavy atom. The van der Waals surface area contributed by atoms with Crippen LogP contribution < -0.4 is 10.6 Å². The molecule has 0 bridgehead atoms. The number of fused-ring (bicyclic) bond motifs is 1. The zero-order valence-electron chi connectivity index (χ0n) is 19.8. The fourth-order valence-corrected chi connectivity index (χ4v) is 5.00. The number of aryl methyl sites for hydroxylation is 2. The fourth-order valence-electron chi connectivity index (χ4n) is 5.00. The van der Waals surface area contributed by atoms with Crippen LogP contribution in [0.1, 0.15) is 61.3 Å². The van der Waals surface area contributed by atoms with Gasteiger partial charge in [-0.1, -0.05) is 36.4 Å². The Morgan fingerprint density at radius 2 is 2.03 bits per heavy atom. The van der Waals surface area contributed by atoms with Gasteiger partial charge in [0, 0.05) is 37.8 Å². The number of hydrogen-bond donors (Lipinski definition) is 3. The predicted octanol–water partition coefficient (Wildman–Crippen LogP) is 3.60. The Balaban J connectivity index is 1.13. The monoisotopic (exact) mass is 464 g/mol. The van der Waals surface area contributed by atoms with Crippen LogP contribution in [0.25, 0.3) is 0 Å². The lowest BCUT2D eigenvalue weighted by Gasteiger charge is -2.18. The van der Waals surface area contributed by atoms with E-state index in [1.807, 2.05) is 30.3 Å². The van der Waals surface area contributed by atoms with Crippen molar-refractivity contribution >= 4 is 17.7 Å². The molecule has 34 heavy (non-hydrogen) atoms. The first-order valence-corrected chi connectivity index (χ1v) is 12.6. The van der Waals surface area contributed by atoms with Gasteiger partial charge >= 0.3 is 5.97 Å². The van der Waals surface area contributed by atoms with E-state index in [0.717, 1.165) is 75.4 Å². The molecule has 182 valence electrons. The topological polar surface area (TPSA) is 94.6 Å². The number of benzene rings is 1. The molecule has 2 aliphatic heterocycles. The number of pyridine rings is 1. The predicted molar refractivity (Wildman–Crippen MR) is 133 cm³/mol. The Morgan fingerprint density at radius 3 is 2.85 bits per heavy atom. The van der Waals surface area contributed by atoms with Gasteiger partial charge in [0.25, 0.3) is 0 Å². The third-order valence-electron chi connectivity index (χ3n) is 6.91. The molecule has 3 N–H and O–H groups in total. The van der Waals surface area contributed by atoms with Crippen LogP contribution in [-0.2, 0) is 22.4 Å². The Hall–Kier alpha value is -2.93. The number of hydrogen-bond acceptors (Lipinski definition) is 5. The maximum atomic E-state index is 12.4. The third-order valence-corrected chi connectivity index (χ3v) is 6.91. The van der Waals surface area contributed by atoms with Gasteiger partial charge < -0.3 is 20.6 Å². The normalized spacial score (nSPS) is 18.6. The van der Waals surface area contributed by atoms with E-state index < -0.39 is 11.9 Å². The average Bonchev–Trinajstić information content (AvgIpc) is 3.29. The van der Waals surface area contributed by atoms with E-state index in [1.54, 1.807) is 0 Å². The maximum absolute atomic E-state index is 12.4.